The van der Waals surface area contributed by atoms with Gasteiger partial charge in [0.1, 0.15) is 0 Å². The van der Waals surface area contributed by atoms with E-state index in [-0.39, 0.29) is 5.92 Å². The van der Waals surface area contributed by atoms with E-state index in [1.165, 1.54) is 10.9 Å². The predicted molar refractivity (Wildman–Crippen MR) is 98.4 cm³/mol. The first kappa shape index (κ1) is 16.7. The summed E-state index contributed by atoms with van der Waals surface area (Å²) in [6.07, 6.45) is 2.76. The number of benzene rings is 2. The van der Waals surface area contributed by atoms with Gasteiger partial charge in [0, 0.05) is 39.7 Å². The van der Waals surface area contributed by atoms with Crippen LogP contribution >= 0.6 is 11.6 Å². The zero-order valence-electron chi connectivity index (χ0n) is 13.8. The standard InChI is InChI=1S/C19H21ClN2O2/c1-23-18-9-14(20)8-12(19(18)24-2)7-13(10-21)16-11-22-17-6-4-3-5-15(16)17/h3-6,8-9,11,13,22H,7,10,21H2,1-2H3. The van der Waals surface area contributed by atoms with Gasteiger partial charge in [0.05, 0.1) is 14.2 Å². The number of aromatic amines is 1. The molecule has 4 nitrogen and oxygen atoms in total. The SMILES string of the molecule is COc1cc(Cl)cc(CC(CN)c2c[nH]c3ccccc23)c1OC. The van der Waals surface area contributed by atoms with Crippen molar-refractivity contribution >= 4 is 22.5 Å². The molecule has 1 unspecified atom stereocenters. The van der Waals surface area contributed by atoms with Crippen LogP contribution in [0.25, 0.3) is 10.9 Å². The molecule has 1 heterocycles. The van der Waals surface area contributed by atoms with Gasteiger partial charge in [0.2, 0.25) is 0 Å². The largest absolute Gasteiger partial charge is 0.493 e. The highest BCUT2D eigenvalue weighted by atomic mass is 35.5. The molecule has 1 atom stereocenters. The fourth-order valence-corrected chi connectivity index (χ4v) is 3.41. The smallest absolute Gasteiger partial charge is 0.164 e. The highest BCUT2D eigenvalue weighted by molar-refractivity contribution is 6.30. The number of para-hydroxylation sites is 1. The van der Waals surface area contributed by atoms with Gasteiger partial charge in [-0.05, 0) is 30.7 Å². The fourth-order valence-electron chi connectivity index (χ4n) is 3.18. The molecule has 0 radical (unpaired) electrons. The summed E-state index contributed by atoms with van der Waals surface area (Å²) < 4.78 is 10.9. The Morgan fingerprint density at radius 2 is 1.96 bits per heavy atom. The number of hydrogen-bond donors (Lipinski definition) is 2. The minimum atomic E-state index is 0.151. The van der Waals surface area contributed by atoms with Gasteiger partial charge in [-0.3, -0.25) is 0 Å². The number of ether oxygens (including phenoxy) is 2. The number of nitrogens with two attached hydrogens (primary N) is 1. The molecule has 2 aromatic carbocycles. The van der Waals surface area contributed by atoms with Crippen molar-refractivity contribution in [1.82, 2.24) is 4.98 Å². The van der Waals surface area contributed by atoms with E-state index in [0.717, 1.165) is 17.5 Å². The van der Waals surface area contributed by atoms with Crippen LogP contribution in [0, 0.1) is 0 Å². The topological polar surface area (TPSA) is 60.3 Å². The van der Waals surface area contributed by atoms with Gasteiger partial charge in [0.15, 0.2) is 11.5 Å². The van der Waals surface area contributed by atoms with Gasteiger partial charge < -0.3 is 20.2 Å². The highest BCUT2D eigenvalue weighted by Gasteiger charge is 2.19. The quantitative estimate of drug-likeness (QED) is 0.707. The van der Waals surface area contributed by atoms with Crippen molar-refractivity contribution < 1.29 is 9.47 Å². The van der Waals surface area contributed by atoms with E-state index in [1.807, 2.05) is 24.4 Å². The zero-order chi connectivity index (χ0) is 17.1. The maximum absolute atomic E-state index is 6.23. The first-order chi connectivity index (χ1) is 11.7. The van der Waals surface area contributed by atoms with Crippen molar-refractivity contribution in [2.45, 2.75) is 12.3 Å². The zero-order valence-corrected chi connectivity index (χ0v) is 14.6. The monoisotopic (exact) mass is 344 g/mol. The number of fused-ring (bicyclic) bond motifs is 1. The van der Waals surface area contributed by atoms with E-state index in [1.54, 1.807) is 20.3 Å². The molecule has 0 amide bonds. The Kier molecular flexibility index (Phi) is 4.97. The molecular formula is C19H21ClN2O2. The molecule has 0 aliphatic rings. The van der Waals surface area contributed by atoms with Crippen LogP contribution < -0.4 is 15.2 Å². The summed E-state index contributed by atoms with van der Waals surface area (Å²) in [6.45, 7) is 0.528. The molecule has 0 aliphatic carbocycles. The number of methoxy groups -OCH3 is 2. The number of rotatable bonds is 6. The molecule has 24 heavy (non-hydrogen) atoms. The molecule has 5 heteroatoms. The Hall–Kier alpha value is -2.17. The molecule has 3 aromatic rings. The molecule has 0 saturated carbocycles. The molecule has 0 spiro atoms. The Labute approximate surface area is 146 Å². The van der Waals surface area contributed by atoms with E-state index in [4.69, 9.17) is 26.8 Å². The lowest BCUT2D eigenvalue weighted by atomic mass is 9.91. The Balaban J connectivity index is 2.01. The number of H-pyrrole nitrogens is 1. The van der Waals surface area contributed by atoms with E-state index < -0.39 is 0 Å². The molecule has 0 bridgehead atoms. The fraction of sp³-hybridized carbons (Fsp3) is 0.263. The second-order valence-corrected chi connectivity index (χ2v) is 6.16. The van der Waals surface area contributed by atoms with Gasteiger partial charge >= 0.3 is 0 Å². The summed E-state index contributed by atoms with van der Waals surface area (Å²) in [4.78, 5) is 3.31. The van der Waals surface area contributed by atoms with Crippen LogP contribution in [0.5, 0.6) is 11.5 Å². The Morgan fingerprint density at radius 1 is 1.17 bits per heavy atom. The van der Waals surface area contributed by atoms with Gasteiger partial charge in [-0.15, -0.1) is 0 Å². The molecular weight excluding hydrogens is 324 g/mol. The van der Waals surface area contributed by atoms with E-state index in [0.29, 0.717) is 23.1 Å². The normalized spacial score (nSPS) is 12.3. The lowest BCUT2D eigenvalue weighted by molar-refractivity contribution is 0.351. The lowest BCUT2D eigenvalue weighted by Crippen LogP contribution is -2.15. The third-order valence-electron chi connectivity index (χ3n) is 4.33. The molecule has 3 N–H and O–H groups in total. The molecule has 126 valence electrons. The lowest BCUT2D eigenvalue weighted by Gasteiger charge is -2.18. The average Bonchev–Trinajstić information content (AvgIpc) is 3.03. The summed E-state index contributed by atoms with van der Waals surface area (Å²) in [5, 5.41) is 1.82. The van der Waals surface area contributed by atoms with Crippen molar-refractivity contribution in [3.63, 3.8) is 0 Å². The third kappa shape index (κ3) is 3.07. The number of aromatic nitrogens is 1. The third-order valence-corrected chi connectivity index (χ3v) is 4.55. The average molecular weight is 345 g/mol. The highest BCUT2D eigenvalue weighted by Crippen LogP contribution is 2.38. The van der Waals surface area contributed by atoms with Crippen LogP contribution in [-0.4, -0.2) is 25.7 Å². The van der Waals surface area contributed by atoms with Crippen LogP contribution in [0.3, 0.4) is 0 Å². The van der Waals surface area contributed by atoms with Gasteiger partial charge in [0.25, 0.3) is 0 Å². The van der Waals surface area contributed by atoms with Crippen LogP contribution in [0.15, 0.2) is 42.6 Å². The maximum Gasteiger partial charge on any atom is 0.164 e. The van der Waals surface area contributed by atoms with Crippen LogP contribution in [0.1, 0.15) is 17.0 Å². The first-order valence-electron chi connectivity index (χ1n) is 7.84. The first-order valence-corrected chi connectivity index (χ1v) is 8.22. The Morgan fingerprint density at radius 3 is 2.67 bits per heavy atom. The van der Waals surface area contributed by atoms with Crippen LogP contribution in [-0.2, 0) is 6.42 Å². The van der Waals surface area contributed by atoms with Crippen molar-refractivity contribution in [1.29, 1.82) is 0 Å². The summed E-state index contributed by atoms with van der Waals surface area (Å²) in [7, 11) is 3.25. The second kappa shape index (κ2) is 7.16. The Bertz CT molecular complexity index is 844. The second-order valence-electron chi connectivity index (χ2n) is 5.73. The van der Waals surface area contributed by atoms with Crippen molar-refractivity contribution in [2.24, 2.45) is 5.73 Å². The van der Waals surface area contributed by atoms with E-state index >= 15 is 0 Å². The number of hydrogen-bond acceptors (Lipinski definition) is 3. The minimum Gasteiger partial charge on any atom is -0.493 e. The molecule has 0 fully saturated rings. The molecule has 1 aromatic heterocycles. The van der Waals surface area contributed by atoms with Crippen molar-refractivity contribution in [2.75, 3.05) is 20.8 Å². The minimum absolute atomic E-state index is 0.151. The van der Waals surface area contributed by atoms with E-state index in [9.17, 15) is 0 Å². The number of halogens is 1. The number of nitrogens with one attached hydrogen (secondary N) is 1. The van der Waals surface area contributed by atoms with Crippen LogP contribution in [0.2, 0.25) is 5.02 Å². The predicted octanol–water partition coefficient (Wildman–Crippen LogP) is 4.12. The maximum atomic E-state index is 6.23. The van der Waals surface area contributed by atoms with Gasteiger partial charge in [-0.1, -0.05) is 29.8 Å². The van der Waals surface area contributed by atoms with E-state index in [2.05, 4.69) is 17.1 Å². The van der Waals surface area contributed by atoms with Crippen molar-refractivity contribution in [3.8, 4) is 11.5 Å². The molecule has 0 aliphatic heterocycles. The summed E-state index contributed by atoms with van der Waals surface area (Å²) in [5.41, 5.74) is 9.39. The van der Waals surface area contributed by atoms with Crippen molar-refractivity contribution in [3.05, 3.63) is 58.7 Å². The van der Waals surface area contributed by atoms with Gasteiger partial charge in [-0.25, -0.2) is 0 Å². The van der Waals surface area contributed by atoms with Crippen LogP contribution in [0.4, 0.5) is 0 Å². The molecule has 0 saturated heterocycles. The molecule has 3 rings (SSSR count). The summed E-state index contributed by atoms with van der Waals surface area (Å²) >= 11 is 6.23. The summed E-state index contributed by atoms with van der Waals surface area (Å²) in [6, 6.07) is 11.9. The van der Waals surface area contributed by atoms with Gasteiger partial charge in [-0.2, -0.15) is 0 Å². The summed E-state index contributed by atoms with van der Waals surface area (Å²) in [5.74, 6) is 1.49.